The van der Waals surface area contributed by atoms with Crippen LogP contribution < -0.4 is 40.0 Å². The second-order valence-corrected chi connectivity index (χ2v) is 2.12. The van der Waals surface area contributed by atoms with E-state index in [1.54, 1.807) is 0 Å². The van der Waals surface area contributed by atoms with Gasteiger partial charge in [0.05, 0.1) is 12.0 Å². The summed E-state index contributed by atoms with van der Waals surface area (Å²) in [6, 6.07) is -0.985. The quantitative estimate of drug-likeness (QED) is 0.342. The number of nitrogens with one attached hydrogen (secondary N) is 1. The van der Waals surface area contributed by atoms with Gasteiger partial charge in [-0.15, -0.1) is 0 Å². The second-order valence-electron chi connectivity index (χ2n) is 1.75. The van der Waals surface area contributed by atoms with Gasteiger partial charge in [-0.3, -0.25) is 4.79 Å². The Bertz CT molecular complexity index is 153. The Morgan fingerprint density at radius 1 is 1.64 bits per heavy atom. The van der Waals surface area contributed by atoms with Crippen LogP contribution in [0.1, 0.15) is 6.92 Å². The van der Waals surface area contributed by atoms with Gasteiger partial charge in [-0.2, -0.15) is 12.6 Å². The standard InChI is InChI=1S/C5H9NO3S.Na/c1-3(7)6-4(2-10)5(8)9;/h4,10H,2H2,1H3,(H,6,7)(H,8,9);/q;+1/p-1. The van der Waals surface area contributed by atoms with Gasteiger partial charge in [0.15, 0.2) is 0 Å². The van der Waals surface area contributed by atoms with Crippen LogP contribution in [0.4, 0.5) is 0 Å². The van der Waals surface area contributed by atoms with Crippen molar-refractivity contribution in [2.24, 2.45) is 0 Å². The minimum absolute atomic E-state index is 0. The Kier molecular flexibility index (Phi) is 8.77. The van der Waals surface area contributed by atoms with Crippen LogP contribution in [0.2, 0.25) is 0 Å². The van der Waals surface area contributed by atoms with E-state index in [-0.39, 0.29) is 35.3 Å². The second kappa shape index (κ2) is 6.97. The van der Waals surface area contributed by atoms with Gasteiger partial charge in [0.2, 0.25) is 5.91 Å². The molecule has 0 aliphatic heterocycles. The van der Waals surface area contributed by atoms with E-state index < -0.39 is 17.9 Å². The molecule has 1 atom stereocenters. The van der Waals surface area contributed by atoms with Crippen molar-refractivity contribution in [2.75, 3.05) is 5.75 Å². The molecule has 6 heteroatoms. The van der Waals surface area contributed by atoms with E-state index in [1.165, 1.54) is 6.92 Å². The number of aliphatic carboxylic acids is 1. The molecule has 0 heterocycles. The third-order valence-electron chi connectivity index (χ3n) is 0.845. The maximum atomic E-state index is 10.3. The first-order valence-corrected chi connectivity index (χ1v) is 3.30. The molecule has 0 saturated carbocycles. The van der Waals surface area contributed by atoms with Crippen molar-refractivity contribution < 1.29 is 44.3 Å². The number of rotatable bonds is 3. The molecule has 0 aliphatic carbocycles. The molecule has 58 valence electrons. The zero-order valence-corrected chi connectivity index (χ0v) is 9.35. The molecule has 0 radical (unpaired) electrons. The van der Waals surface area contributed by atoms with Gasteiger partial charge >= 0.3 is 29.6 Å². The molecule has 0 saturated heterocycles. The fraction of sp³-hybridized carbons (Fsp3) is 0.600. The Morgan fingerprint density at radius 2 is 2.09 bits per heavy atom. The fourth-order valence-corrected chi connectivity index (χ4v) is 0.665. The van der Waals surface area contributed by atoms with Crippen LogP contribution in [0.25, 0.3) is 0 Å². The van der Waals surface area contributed by atoms with Crippen LogP contribution in [0.5, 0.6) is 0 Å². The Labute approximate surface area is 92.4 Å². The molecule has 4 nitrogen and oxygen atoms in total. The maximum Gasteiger partial charge on any atom is 1.00 e. The van der Waals surface area contributed by atoms with Gasteiger partial charge in [0, 0.05) is 12.7 Å². The molecule has 1 unspecified atom stereocenters. The van der Waals surface area contributed by atoms with Gasteiger partial charge in [0.1, 0.15) is 0 Å². The molecule has 0 fully saturated rings. The summed E-state index contributed by atoms with van der Waals surface area (Å²) < 4.78 is 0. The summed E-state index contributed by atoms with van der Waals surface area (Å²) in [7, 11) is 0. The Balaban J connectivity index is 0. The van der Waals surface area contributed by atoms with E-state index in [0.29, 0.717) is 0 Å². The predicted molar refractivity (Wildman–Crippen MR) is 36.5 cm³/mol. The molecular formula is C5H8NNaO3S. The SMILES string of the molecule is CC(=O)NC(CS)C(=O)[O-].[Na+]. The third-order valence-corrected chi connectivity index (χ3v) is 1.21. The van der Waals surface area contributed by atoms with Crippen LogP contribution >= 0.6 is 12.6 Å². The number of carbonyl (C=O) groups is 2. The molecule has 0 aliphatic rings. The van der Waals surface area contributed by atoms with Crippen molar-refractivity contribution in [1.82, 2.24) is 5.32 Å². The zero-order chi connectivity index (χ0) is 8.15. The van der Waals surface area contributed by atoms with Gasteiger partial charge in [-0.1, -0.05) is 0 Å². The van der Waals surface area contributed by atoms with Crippen molar-refractivity contribution in [3.63, 3.8) is 0 Å². The van der Waals surface area contributed by atoms with Crippen LogP contribution in [-0.2, 0) is 9.59 Å². The fourth-order valence-electron chi connectivity index (χ4n) is 0.424. The first-order chi connectivity index (χ1) is 4.57. The molecular weight excluding hydrogens is 177 g/mol. The number of amides is 1. The summed E-state index contributed by atoms with van der Waals surface area (Å²) in [5.41, 5.74) is 0. The van der Waals surface area contributed by atoms with E-state index >= 15 is 0 Å². The molecule has 1 amide bonds. The number of hydrogen-bond donors (Lipinski definition) is 2. The number of carboxylic acids is 1. The average Bonchev–Trinajstić information content (AvgIpc) is 1.81. The molecule has 0 rings (SSSR count). The van der Waals surface area contributed by atoms with E-state index in [9.17, 15) is 14.7 Å². The van der Waals surface area contributed by atoms with Crippen LogP contribution in [-0.4, -0.2) is 23.7 Å². The smallest absolute Gasteiger partial charge is 0.548 e. The summed E-state index contributed by atoms with van der Waals surface area (Å²) in [4.78, 5) is 20.4. The summed E-state index contributed by atoms with van der Waals surface area (Å²) in [6.07, 6.45) is 0. The van der Waals surface area contributed by atoms with E-state index in [4.69, 9.17) is 0 Å². The average molecular weight is 185 g/mol. The summed E-state index contributed by atoms with van der Waals surface area (Å²) in [5.74, 6) is -1.67. The van der Waals surface area contributed by atoms with Gasteiger partial charge in [-0.05, 0) is 0 Å². The normalized spacial score (nSPS) is 11.1. The topological polar surface area (TPSA) is 69.2 Å². The first-order valence-electron chi connectivity index (χ1n) is 2.66. The van der Waals surface area contributed by atoms with Gasteiger partial charge in [0.25, 0.3) is 0 Å². The number of carboxylic acid groups (broad SMARTS) is 1. The van der Waals surface area contributed by atoms with Gasteiger partial charge < -0.3 is 15.2 Å². The molecule has 0 bridgehead atoms. The van der Waals surface area contributed by atoms with E-state index in [0.717, 1.165) is 0 Å². The van der Waals surface area contributed by atoms with Crippen LogP contribution in [0, 0.1) is 0 Å². The third kappa shape index (κ3) is 6.68. The Hall–Kier alpha value is 0.290. The molecule has 0 aromatic carbocycles. The van der Waals surface area contributed by atoms with Crippen molar-refractivity contribution in [3.8, 4) is 0 Å². The monoisotopic (exact) mass is 185 g/mol. The number of thiol groups is 1. The largest absolute Gasteiger partial charge is 1.00 e. The molecule has 0 aromatic heterocycles. The summed E-state index contributed by atoms with van der Waals surface area (Å²) in [5, 5.41) is 12.2. The molecule has 1 N–H and O–H groups in total. The number of carbonyl (C=O) groups excluding carboxylic acids is 2. The number of hydrogen-bond acceptors (Lipinski definition) is 4. The van der Waals surface area contributed by atoms with Crippen molar-refractivity contribution in [3.05, 3.63) is 0 Å². The summed E-state index contributed by atoms with van der Waals surface area (Å²) >= 11 is 3.69. The minimum Gasteiger partial charge on any atom is -0.548 e. The van der Waals surface area contributed by atoms with E-state index in [1.807, 2.05) is 0 Å². The minimum atomic E-state index is -1.31. The maximum absolute atomic E-state index is 10.3. The predicted octanol–water partition coefficient (Wildman–Crippen LogP) is -4.83. The van der Waals surface area contributed by atoms with Crippen LogP contribution in [0.15, 0.2) is 0 Å². The van der Waals surface area contributed by atoms with Crippen molar-refractivity contribution in [1.29, 1.82) is 0 Å². The first kappa shape index (κ1) is 13.9. The Morgan fingerprint density at radius 3 is 2.18 bits per heavy atom. The van der Waals surface area contributed by atoms with E-state index in [2.05, 4.69) is 17.9 Å². The molecule has 0 spiro atoms. The van der Waals surface area contributed by atoms with Gasteiger partial charge in [-0.25, -0.2) is 0 Å². The zero-order valence-electron chi connectivity index (χ0n) is 6.46. The van der Waals surface area contributed by atoms with Crippen LogP contribution in [0.3, 0.4) is 0 Å². The van der Waals surface area contributed by atoms with Crippen molar-refractivity contribution >= 4 is 24.5 Å². The molecule has 0 aromatic rings. The van der Waals surface area contributed by atoms with Crippen molar-refractivity contribution in [2.45, 2.75) is 13.0 Å². The summed E-state index contributed by atoms with van der Waals surface area (Å²) in [6.45, 7) is 1.24. The molecule has 11 heavy (non-hydrogen) atoms.